The van der Waals surface area contributed by atoms with Crippen molar-refractivity contribution in [2.75, 3.05) is 5.32 Å². The highest BCUT2D eigenvalue weighted by molar-refractivity contribution is 6.60. The Morgan fingerprint density at radius 3 is 2.12 bits per heavy atom. The van der Waals surface area contributed by atoms with Crippen molar-refractivity contribution >= 4 is 24.0 Å². The first-order valence-corrected chi connectivity index (χ1v) is 7.79. The summed E-state index contributed by atoms with van der Waals surface area (Å²) >= 11 is 0. The van der Waals surface area contributed by atoms with E-state index in [0.29, 0.717) is 5.69 Å². The molecule has 0 bridgehead atoms. The third kappa shape index (κ3) is 5.19. The molecule has 0 aliphatic heterocycles. The number of nitro benzene ring substituents is 1. The Labute approximate surface area is 143 Å². The second kappa shape index (κ2) is 6.70. The zero-order chi connectivity index (χ0) is 18.9. The van der Waals surface area contributed by atoms with Crippen molar-refractivity contribution < 1.29 is 19.7 Å². The zero-order valence-electron chi connectivity index (χ0n) is 15.4. The molecule has 24 heavy (non-hydrogen) atoms. The molecule has 0 amide bonds. The molecule has 1 rings (SSSR count). The van der Waals surface area contributed by atoms with Gasteiger partial charge in [-0.3, -0.25) is 10.1 Å². The Balaban J connectivity index is 3.14. The average Bonchev–Trinajstić information content (AvgIpc) is 2.34. The van der Waals surface area contributed by atoms with E-state index >= 15 is 0 Å². The van der Waals surface area contributed by atoms with Crippen LogP contribution in [0.2, 0.25) is 0 Å². The summed E-state index contributed by atoms with van der Waals surface area (Å²) in [4.78, 5) is 10.8. The molecule has 134 valence electrons. The van der Waals surface area contributed by atoms with Crippen molar-refractivity contribution in [1.82, 2.24) is 0 Å². The fraction of sp³-hybridized carbons (Fsp3) is 0.625. The molecule has 0 unspecified atom stereocenters. The lowest BCUT2D eigenvalue weighted by Crippen LogP contribution is -2.53. The number of nitro groups is 1. The Bertz CT molecular complexity index is 605. The molecule has 3 N–H and O–H groups in total. The maximum absolute atomic E-state index is 11.3. The highest BCUT2D eigenvalue weighted by Crippen LogP contribution is 2.28. The minimum atomic E-state index is -1.39. The normalized spacial score (nSPS) is 12.9. The van der Waals surface area contributed by atoms with Crippen LogP contribution in [0.5, 0.6) is 0 Å². The summed E-state index contributed by atoms with van der Waals surface area (Å²) in [5.41, 5.74) is -2.13. The molecule has 0 aromatic heterocycles. The zero-order valence-corrected chi connectivity index (χ0v) is 15.4. The molecule has 7 nitrogen and oxygen atoms in total. The van der Waals surface area contributed by atoms with Crippen LogP contribution in [0.1, 0.15) is 48.5 Å². The minimum Gasteiger partial charge on any atom is -0.423 e. The van der Waals surface area contributed by atoms with Crippen molar-refractivity contribution in [2.24, 2.45) is 0 Å². The minimum absolute atomic E-state index is 0.147. The number of hydrogen-bond donors (Lipinski definition) is 3. The first-order valence-electron chi connectivity index (χ1n) is 7.79. The molecule has 8 heteroatoms. The molecular formula is C16H27BN2O5. The van der Waals surface area contributed by atoms with Crippen LogP contribution in [-0.4, -0.2) is 38.9 Å². The third-order valence-electron chi connectivity index (χ3n) is 3.89. The topological polar surface area (TPSA) is 105 Å². The van der Waals surface area contributed by atoms with E-state index in [-0.39, 0.29) is 16.7 Å². The Kier molecular flexibility index (Phi) is 5.70. The Hall–Kier alpha value is -1.64. The monoisotopic (exact) mass is 338 g/mol. The van der Waals surface area contributed by atoms with Crippen molar-refractivity contribution in [1.29, 1.82) is 0 Å². The molecule has 0 fully saturated rings. The molecule has 0 aliphatic carbocycles. The number of benzene rings is 1. The first kappa shape index (κ1) is 20.4. The quantitative estimate of drug-likeness (QED) is 0.417. The van der Waals surface area contributed by atoms with Gasteiger partial charge in [-0.15, -0.1) is 0 Å². The molecule has 0 aliphatic rings. The molecule has 1 aromatic rings. The van der Waals surface area contributed by atoms with Gasteiger partial charge in [0.05, 0.1) is 16.1 Å². The maximum atomic E-state index is 11.3. The van der Waals surface area contributed by atoms with Crippen LogP contribution < -0.4 is 10.8 Å². The van der Waals surface area contributed by atoms with E-state index < -0.39 is 23.2 Å². The number of anilines is 1. The van der Waals surface area contributed by atoms with Gasteiger partial charge in [-0.2, -0.15) is 0 Å². The van der Waals surface area contributed by atoms with Crippen LogP contribution in [-0.2, 0) is 4.65 Å². The lowest BCUT2D eigenvalue weighted by atomic mass is 9.76. The van der Waals surface area contributed by atoms with Crippen LogP contribution in [0.25, 0.3) is 0 Å². The molecule has 0 spiro atoms. The molecule has 1 aromatic carbocycles. The van der Waals surface area contributed by atoms with E-state index in [2.05, 4.69) is 5.32 Å². The SMILES string of the molecule is CC(C)(C)Nc1ccc(B(O)OC(C)(C)C(C)(C)O)cc1[N+](=O)[O-]. The number of hydrogen-bond acceptors (Lipinski definition) is 6. The first-order chi connectivity index (χ1) is 10.6. The van der Waals surface area contributed by atoms with Gasteiger partial charge in [0, 0.05) is 11.6 Å². The number of rotatable bonds is 6. The van der Waals surface area contributed by atoms with Gasteiger partial charge in [0.15, 0.2) is 0 Å². The fourth-order valence-corrected chi connectivity index (χ4v) is 1.85. The van der Waals surface area contributed by atoms with E-state index in [1.807, 2.05) is 20.8 Å². The van der Waals surface area contributed by atoms with E-state index in [4.69, 9.17) is 4.65 Å². The van der Waals surface area contributed by atoms with Gasteiger partial charge in [0.1, 0.15) is 5.69 Å². The van der Waals surface area contributed by atoms with Crippen LogP contribution in [0.3, 0.4) is 0 Å². The standard InChI is InChI=1S/C16H27BN2O5/c1-14(2,3)18-12-9-8-11(10-13(12)19(22)23)17(21)24-16(6,7)15(4,5)20/h8-10,18,20-21H,1-7H3. The van der Waals surface area contributed by atoms with Gasteiger partial charge in [-0.05, 0) is 60.0 Å². The summed E-state index contributed by atoms with van der Waals surface area (Å²) < 4.78 is 5.53. The average molecular weight is 338 g/mol. The van der Waals surface area contributed by atoms with E-state index in [1.165, 1.54) is 6.07 Å². The second-order valence-corrected chi connectivity index (χ2v) is 7.95. The predicted molar refractivity (Wildman–Crippen MR) is 95.5 cm³/mol. The summed E-state index contributed by atoms with van der Waals surface area (Å²) in [6, 6.07) is 4.38. The third-order valence-corrected chi connectivity index (χ3v) is 3.89. The van der Waals surface area contributed by atoms with Crippen LogP contribution in [0.4, 0.5) is 11.4 Å². The van der Waals surface area contributed by atoms with Gasteiger partial charge in [0.25, 0.3) is 5.69 Å². The molecule has 0 atom stereocenters. The fourth-order valence-electron chi connectivity index (χ4n) is 1.85. The summed E-state index contributed by atoms with van der Waals surface area (Å²) in [5.74, 6) is 0. The molecule has 0 saturated heterocycles. The van der Waals surface area contributed by atoms with Gasteiger partial charge >= 0.3 is 7.12 Å². The van der Waals surface area contributed by atoms with Gasteiger partial charge in [-0.1, -0.05) is 6.07 Å². The van der Waals surface area contributed by atoms with Crippen LogP contribution in [0.15, 0.2) is 18.2 Å². The highest BCUT2D eigenvalue weighted by Gasteiger charge is 2.40. The Morgan fingerprint density at radius 1 is 1.17 bits per heavy atom. The van der Waals surface area contributed by atoms with Crippen molar-refractivity contribution in [3.63, 3.8) is 0 Å². The smallest absolute Gasteiger partial charge is 0.423 e. The van der Waals surface area contributed by atoms with Gasteiger partial charge in [0.2, 0.25) is 0 Å². The van der Waals surface area contributed by atoms with Gasteiger partial charge in [-0.25, -0.2) is 0 Å². The largest absolute Gasteiger partial charge is 0.491 e. The van der Waals surface area contributed by atoms with E-state index in [0.717, 1.165) is 0 Å². The summed E-state index contributed by atoms with van der Waals surface area (Å²) in [7, 11) is -1.39. The lowest BCUT2D eigenvalue weighted by molar-refractivity contribution is -0.383. The Morgan fingerprint density at radius 2 is 1.71 bits per heavy atom. The predicted octanol–water partition coefficient (Wildman–Crippen LogP) is 2.06. The van der Waals surface area contributed by atoms with Crippen LogP contribution in [0, 0.1) is 10.1 Å². The number of nitrogens with zero attached hydrogens (tertiary/aromatic N) is 1. The number of nitrogens with one attached hydrogen (secondary N) is 1. The molecule has 0 heterocycles. The van der Waals surface area contributed by atoms with Crippen LogP contribution >= 0.6 is 0 Å². The summed E-state index contributed by atoms with van der Waals surface area (Å²) in [6.45, 7) is 12.1. The number of aliphatic hydroxyl groups is 1. The molecular weight excluding hydrogens is 311 g/mol. The van der Waals surface area contributed by atoms with Crippen molar-refractivity contribution in [2.45, 2.75) is 65.2 Å². The van der Waals surface area contributed by atoms with Gasteiger partial charge < -0.3 is 20.1 Å². The molecule has 0 saturated carbocycles. The van der Waals surface area contributed by atoms with E-state index in [1.54, 1.807) is 39.8 Å². The van der Waals surface area contributed by atoms with Crippen molar-refractivity contribution in [3.8, 4) is 0 Å². The van der Waals surface area contributed by atoms with E-state index in [9.17, 15) is 20.2 Å². The maximum Gasteiger partial charge on any atom is 0.491 e. The molecule has 0 radical (unpaired) electrons. The second-order valence-electron chi connectivity index (χ2n) is 7.95. The lowest BCUT2D eigenvalue weighted by Gasteiger charge is -2.38. The summed E-state index contributed by atoms with van der Waals surface area (Å²) in [5, 5.41) is 34.8. The highest BCUT2D eigenvalue weighted by atomic mass is 16.6. The van der Waals surface area contributed by atoms with Crippen molar-refractivity contribution in [3.05, 3.63) is 28.3 Å². The summed E-state index contributed by atoms with van der Waals surface area (Å²) in [6.07, 6.45) is 0.